The zero-order chi connectivity index (χ0) is 15.3. The average molecular weight is 297 g/mol. The Bertz CT molecular complexity index is 355. The van der Waals surface area contributed by atoms with E-state index in [9.17, 15) is 22.8 Å². The lowest BCUT2D eigenvalue weighted by Crippen LogP contribution is -2.49. The maximum atomic E-state index is 12.3. The number of hydrogen-bond donors (Lipinski definition) is 2. The van der Waals surface area contributed by atoms with Crippen LogP contribution >= 0.6 is 0 Å². The van der Waals surface area contributed by atoms with Crippen molar-refractivity contribution in [3.63, 3.8) is 0 Å². The van der Waals surface area contributed by atoms with Crippen LogP contribution in [-0.4, -0.2) is 71.7 Å². The summed E-state index contributed by atoms with van der Waals surface area (Å²) in [5.74, 6) is -2.30. The highest BCUT2D eigenvalue weighted by atomic mass is 19.4. The molecule has 0 radical (unpaired) electrons. The number of nitrogens with two attached hydrogens (primary N) is 1. The molecule has 1 aliphatic heterocycles. The van der Waals surface area contributed by atoms with Gasteiger partial charge in [-0.1, -0.05) is 0 Å². The molecule has 116 valence electrons. The molecule has 0 aliphatic carbocycles. The molecule has 20 heavy (non-hydrogen) atoms. The first-order valence-corrected chi connectivity index (χ1v) is 6.21. The van der Waals surface area contributed by atoms with E-state index in [2.05, 4.69) is 0 Å². The SMILES string of the molecule is NC1CCN(CC(=O)N(CC(=O)O)CC(F)(F)F)CC1. The minimum absolute atomic E-state index is 0.0478. The van der Waals surface area contributed by atoms with E-state index in [0.29, 0.717) is 30.8 Å². The fourth-order valence-electron chi connectivity index (χ4n) is 2.01. The summed E-state index contributed by atoms with van der Waals surface area (Å²) in [7, 11) is 0. The van der Waals surface area contributed by atoms with Crippen LogP contribution in [0.15, 0.2) is 0 Å². The number of carbonyl (C=O) groups is 2. The number of likely N-dealkylation sites (tertiary alicyclic amines) is 1. The van der Waals surface area contributed by atoms with E-state index < -0.39 is 31.1 Å². The van der Waals surface area contributed by atoms with Gasteiger partial charge in [-0.3, -0.25) is 14.5 Å². The van der Waals surface area contributed by atoms with Crippen LogP contribution < -0.4 is 5.73 Å². The van der Waals surface area contributed by atoms with Crippen LogP contribution in [0.25, 0.3) is 0 Å². The van der Waals surface area contributed by atoms with Crippen LogP contribution in [0.5, 0.6) is 0 Å². The third kappa shape index (κ3) is 6.20. The van der Waals surface area contributed by atoms with E-state index >= 15 is 0 Å². The molecule has 1 amide bonds. The zero-order valence-electron chi connectivity index (χ0n) is 10.9. The summed E-state index contributed by atoms with van der Waals surface area (Å²) in [5.41, 5.74) is 5.69. The Hall–Kier alpha value is -1.35. The van der Waals surface area contributed by atoms with Gasteiger partial charge in [0.2, 0.25) is 5.91 Å². The molecule has 0 aromatic rings. The lowest BCUT2D eigenvalue weighted by Gasteiger charge is -2.31. The molecule has 3 N–H and O–H groups in total. The van der Waals surface area contributed by atoms with Crippen molar-refractivity contribution in [1.82, 2.24) is 9.80 Å². The lowest BCUT2D eigenvalue weighted by atomic mass is 10.1. The highest BCUT2D eigenvalue weighted by molar-refractivity contribution is 5.82. The van der Waals surface area contributed by atoms with Crippen molar-refractivity contribution < 1.29 is 27.9 Å². The fourth-order valence-corrected chi connectivity index (χ4v) is 2.01. The van der Waals surface area contributed by atoms with E-state index in [1.165, 1.54) is 0 Å². The summed E-state index contributed by atoms with van der Waals surface area (Å²) in [5, 5.41) is 8.58. The highest BCUT2D eigenvalue weighted by Crippen LogP contribution is 2.17. The summed E-state index contributed by atoms with van der Waals surface area (Å²) in [6, 6.07) is 0.0478. The van der Waals surface area contributed by atoms with Crippen molar-refractivity contribution in [1.29, 1.82) is 0 Å². The number of nitrogens with zero attached hydrogens (tertiary/aromatic N) is 2. The normalized spacial score (nSPS) is 18.0. The van der Waals surface area contributed by atoms with Crippen LogP contribution in [0.3, 0.4) is 0 Å². The van der Waals surface area contributed by atoms with Crippen molar-refractivity contribution >= 4 is 11.9 Å². The summed E-state index contributed by atoms with van der Waals surface area (Å²) < 4.78 is 37.0. The van der Waals surface area contributed by atoms with Gasteiger partial charge in [-0.15, -0.1) is 0 Å². The minimum atomic E-state index is -4.62. The third-order valence-corrected chi connectivity index (χ3v) is 3.04. The number of piperidine rings is 1. The number of alkyl halides is 3. The van der Waals surface area contributed by atoms with Crippen LogP contribution in [0.2, 0.25) is 0 Å². The van der Waals surface area contributed by atoms with Crippen molar-refractivity contribution in [2.75, 3.05) is 32.7 Å². The summed E-state index contributed by atoms with van der Waals surface area (Å²) in [4.78, 5) is 24.3. The number of amides is 1. The maximum Gasteiger partial charge on any atom is 0.406 e. The minimum Gasteiger partial charge on any atom is -0.480 e. The van der Waals surface area contributed by atoms with Gasteiger partial charge in [0, 0.05) is 19.1 Å². The molecule has 1 heterocycles. The van der Waals surface area contributed by atoms with Gasteiger partial charge in [0.15, 0.2) is 0 Å². The number of carboxylic acid groups (broad SMARTS) is 1. The second-order valence-electron chi connectivity index (χ2n) is 4.87. The Kier molecular flexibility index (Phi) is 5.75. The number of carboxylic acids is 1. The Labute approximate surface area is 114 Å². The molecule has 6 nitrogen and oxygen atoms in total. The standard InChI is InChI=1S/C11H18F3N3O3/c12-11(13,14)7-17(6-10(19)20)9(18)5-16-3-1-8(15)2-4-16/h8H,1-7,15H2,(H,19,20). The summed E-state index contributed by atoms with van der Waals surface area (Å²) >= 11 is 0. The first-order valence-electron chi connectivity index (χ1n) is 6.21. The molecule has 1 saturated heterocycles. The highest BCUT2D eigenvalue weighted by Gasteiger charge is 2.34. The Morgan fingerprint density at radius 1 is 1.30 bits per heavy atom. The quantitative estimate of drug-likeness (QED) is 0.739. The smallest absolute Gasteiger partial charge is 0.406 e. The Balaban J connectivity index is 2.56. The van der Waals surface area contributed by atoms with Gasteiger partial charge in [-0.25, -0.2) is 0 Å². The van der Waals surface area contributed by atoms with Crippen LogP contribution in [0, 0.1) is 0 Å². The van der Waals surface area contributed by atoms with Crippen molar-refractivity contribution in [3.8, 4) is 0 Å². The first-order chi connectivity index (χ1) is 9.17. The third-order valence-electron chi connectivity index (χ3n) is 3.04. The van der Waals surface area contributed by atoms with Gasteiger partial charge in [0.05, 0.1) is 6.54 Å². The predicted octanol–water partition coefficient (Wildman–Crippen LogP) is -0.115. The molecule has 0 unspecified atom stereocenters. The second-order valence-corrected chi connectivity index (χ2v) is 4.87. The first kappa shape index (κ1) is 16.7. The average Bonchev–Trinajstić information content (AvgIpc) is 2.29. The van der Waals surface area contributed by atoms with Crippen molar-refractivity contribution in [3.05, 3.63) is 0 Å². The molecule has 0 spiro atoms. The molecule has 1 fully saturated rings. The van der Waals surface area contributed by atoms with Crippen LogP contribution in [0.1, 0.15) is 12.8 Å². The Morgan fingerprint density at radius 2 is 1.85 bits per heavy atom. The van der Waals surface area contributed by atoms with Gasteiger partial charge in [0.25, 0.3) is 0 Å². The fraction of sp³-hybridized carbons (Fsp3) is 0.818. The number of carbonyl (C=O) groups excluding carboxylic acids is 1. The van der Waals surface area contributed by atoms with Crippen LogP contribution in [-0.2, 0) is 9.59 Å². The number of halogens is 3. The predicted molar refractivity (Wildman–Crippen MR) is 63.9 cm³/mol. The molecular formula is C11H18F3N3O3. The van der Waals surface area contributed by atoms with Gasteiger partial charge in [0.1, 0.15) is 13.1 Å². The number of rotatable bonds is 5. The van der Waals surface area contributed by atoms with Gasteiger partial charge in [-0.2, -0.15) is 13.2 Å². The molecular weight excluding hydrogens is 279 g/mol. The zero-order valence-corrected chi connectivity index (χ0v) is 10.9. The van der Waals surface area contributed by atoms with E-state index in [0.717, 1.165) is 0 Å². The molecule has 0 aromatic carbocycles. The monoisotopic (exact) mass is 297 g/mol. The van der Waals surface area contributed by atoms with Gasteiger partial charge in [-0.05, 0) is 12.8 Å². The number of hydrogen-bond acceptors (Lipinski definition) is 4. The molecule has 9 heteroatoms. The summed E-state index contributed by atoms with van der Waals surface area (Å²) in [6.45, 7) is -1.66. The lowest BCUT2D eigenvalue weighted by molar-refractivity contribution is -0.166. The maximum absolute atomic E-state index is 12.3. The number of aliphatic carboxylic acids is 1. The van der Waals surface area contributed by atoms with Crippen molar-refractivity contribution in [2.24, 2.45) is 5.73 Å². The van der Waals surface area contributed by atoms with E-state index in [4.69, 9.17) is 10.8 Å². The Morgan fingerprint density at radius 3 is 2.30 bits per heavy atom. The molecule has 1 aliphatic rings. The molecule has 0 aromatic heterocycles. The van der Waals surface area contributed by atoms with Gasteiger partial charge < -0.3 is 15.7 Å². The van der Waals surface area contributed by atoms with E-state index in [1.807, 2.05) is 0 Å². The van der Waals surface area contributed by atoms with Crippen LogP contribution in [0.4, 0.5) is 13.2 Å². The largest absolute Gasteiger partial charge is 0.480 e. The molecule has 0 atom stereocenters. The molecule has 1 rings (SSSR count). The summed E-state index contributed by atoms with van der Waals surface area (Å²) in [6.07, 6.45) is -3.27. The van der Waals surface area contributed by atoms with Gasteiger partial charge >= 0.3 is 12.1 Å². The topological polar surface area (TPSA) is 86.9 Å². The van der Waals surface area contributed by atoms with Crippen molar-refractivity contribution in [2.45, 2.75) is 25.1 Å². The molecule has 0 bridgehead atoms. The van der Waals surface area contributed by atoms with E-state index in [-0.39, 0.29) is 12.6 Å². The second kappa shape index (κ2) is 6.89. The van der Waals surface area contributed by atoms with E-state index in [1.54, 1.807) is 4.90 Å². The molecule has 0 saturated carbocycles.